The van der Waals surface area contributed by atoms with Crippen molar-refractivity contribution in [2.24, 2.45) is 5.92 Å². The van der Waals surface area contributed by atoms with E-state index in [1.807, 2.05) is 83.8 Å². The first-order valence-corrected chi connectivity index (χ1v) is 19.7. The number of carbonyl (C=O) groups is 2. The number of hydrogen-bond acceptors (Lipinski definition) is 5. The fourth-order valence-corrected chi connectivity index (χ4v) is 12.4. The first-order chi connectivity index (χ1) is 22.7. The number of amides is 2. The van der Waals surface area contributed by atoms with Gasteiger partial charge >= 0.3 is 0 Å². The van der Waals surface area contributed by atoms with Crippen molar-refractivity contribution in [3.63, 3.8) is 0 Å². The van der Waals surface area contributed by atoms with Crippen LogP contribution in [0.5, 0.6) is 11.5 Å². The zero-order chi connectivity index (χ0) is 32.9. The predicted molar refractivity (Wildman–Crippen MR) is 188 cm³/mol. The molecule has 1 spiro atoms. The average Bonchev–Trinajstić information content (AvgIpc) is 3.51. The van der Waals surface area contributed by atoms with Crippen LogP contribution >= 0.6 is 0 Å². The number of methoxy groups -OCH3 is 1. The van der Waals surface area contributed by atoms with Gasteiger partial charge in [-0.05, 0) is 60.0 Å². The minimum atomic E-state index is -2.15. The van der Waals surface area contributed by atoms with Gasteiger partial charge < -0.3 is 19.1 Å². The van der Waals surface area contributed by atoms with Crippen molar-refractivity contribution in [1.82, 2.24) is 0 Å². The van der Waals surface area contributed by atoms with Crippen LogP contribution in [0.3, 0.4) is 0 Å². The molecule has 242 valence electrons. The van der Waals surface area contributed by atoms with Crippen LogP contribution in [0.2, 0.25) is 18.6 Å². The Hall–Kier alpha value is -4.40. The molecular weight excluding hydrogens is 605 g/mol. The summed E-state index contributed by atoms with van der Waals surface area (Å²) in [5.74, 6) is 1.35. The molecule has 3 aliphatic heterocycles. The van der Waals surface area contributed by atoms with E-state index >= 15 is 0 Å². The summed E-state index contributed by atoms with van der Waals surface area (Å²) >= 11 is 0. The largest absolute Gasteiger partial charge is 0.497 e. The maximum Gasteiger partial charge on any atom is 0.269 e. The van der Waals surface area contributed by atoms with Crippen molar-refractivity contribution in [2.45, 2.75) is 63.6 Å². The van der Waals surface area contributed by atoms with Crippen molar-refractivity contribution >= 4 is 42.1 Å². The fourth-order valence-electron chi connectivity index (χ4n) is 8.34. The summed E-state index contributed by atoms with van der Waals surface area (Å²) in [7, 11) is -0.455. The molecule has 7 rings (SSSR count). The van der Waals surface area contributed by atoms with Gasteiger partial charge in [0, 0.05) is 17.2 Å². The van der Waals surface area contributed by atoms with E-state index in [1.165, 1.54) is 5.19 Å². The molecule has 0 saturated carbocycles. The Morgan fingerprint density at radius 3 is 2.38 bits per heavy atom. The van der Waals surface area contributed by atoms with Crippen LogP contribution in [0.4, 0.5) is 17.1 Å². The summed E-state index contributed by atoms with van der Waals surface area (Å²) in [5, 5.41) is 1.34. The second kappa shape index (κ2) is 12.0. The van der Waals surface area contributed by atoms with Gasteiger partial charge in [0.2, 0.25) is 0 Å². The molecule has 2 amide bonds. The summed E-state index contributed by atoms with van der Waals surface area (Å²) in [6, 6.07) is 32.1. The summed E-state index contributed by atoms with van der Waals surface area (Å²) in [5.41, 5.74) is 3.40. The Labute approximate surface area is 278 Å². The normalized spacial score (nSPS) is 23.6. The number of para-hydroxylation sites is 3. The smallest absolute Gasteiger partial charge is 0.269 e. The SMILES string of the molecule is CCC[C@H]1O[C@]2(C(=O)N(Cc3cccc(N4C(=O)COc5ccccc54)c3)c3ccccc32)[C@@H](C)[C@@H]1[Si](C)(C)c1ccc(OC)cc1. The van der Waals surface area contributed by atoms with Gasteiger partial charge in [-0.15, -0.1) is 0 Å². The van der Waals surface area contributed by atoms with E-state index in [-0.39, 0.29) is 36.0 Å². The van der Waals surface area contributed by atoms with Crippen molar-refractivity contribution in [3.05, 3.63) is 108 Å². The van der Waals surface area contributed by atoms with E-state index in [1.54, 1.807) is 12.0 Å². The number of anilines is 3. The average molecular weight is 647 g/mol. The lowest BCUT2D eigenvalue weighted by Crippen LogP contribution is -2.51. The molecule has 4 atom stereocenters. The van der Waals surface area contributed by atoms with Crippen molar-refractivity contribution < 1.29 is 23.8 Å². The van der Waals surface area contributed by atoms with Crippen LogP contribution in [-0.4, -0.2) is 39.7 Å². The molecule has 47 heavy (non-hydrogen) atoms. The monoisotopic (exact) mass is 646 g/mol. The molecule has 0 bridgehead atoms. The lowest BCUT2D eigenvalue weighted by atomic mass is 9.82. The van der Waals surface area contributed by atoms with Crippen LogP contribution < -0.4 is 24.5 Å². The number of carbonyl (C=O) groups excluding carboxylic acids is 2. The first-order valence-electron chi connectivity index (χ1n) is 16.6. The zero-order valence-electron chi connectivity index (χ0n) is 27.7. The van der Waals surface area contributed by atoms with Gasteiger partial charge in [-0.2, -0.15) is 0 Å². The van der Waals surface area contributed by atoms with Gasteiger partial charge in [0.15, 0.2) is 12.2 Å². The highest BCUT2D eigenvalue weighted by Gasteiger charge is 2.66. The Morgan fingerprint density at radius 1 is 0.915 bits per heavy atom. The maximum absolute atomic E-state index is 15.0. The number of ether oxygens (including phenoxy) is 3. The molecule has 1 fully saturated rings. The first kappa shape index (κ1) is 31.2. The highest BCUT2D eigenvalue weighted by atomic mass is 28.3. The third-order valence-corrected chi connectivity index (χ3v) is 14.9. The number of rotatable bonds is 8. The highest BCUT2D eigenvalue weighted by molar-refractivity contribution is 6.91. The second-order valence-electron chi connectivity index (χ2n) is 13.5. The molecule has 8 heteroatoms. The number of fused-ring (bicyclic) bond motifs is 3. The minimum absolute atomic E-state index is 0.00692. The number of nitrogens with zero attached hydrogens (tertiary/aromatic N) is 2. The van der Waals surface area contributed by atoms with E-state index < -0.39 is 13.7 Å². The maximum atomic E-state index is 15.0. The molecule has 4 aromatic carbocycles. The van der Waals surface area contributed by atoms with Gasteiger partial charge in [0.1, 0.15) is 11.5 Å². The van der Waals surface area contributed by atoms with Gasteiger partial charge in [0.05, 0.1) is 39.2 Å². The Bertz CT molecular complexity index is 1820. The molecule has 0 aromatic heterocycles. The molecule has 0 radical (unpaired) electrons. The minimum Gasteiger partial charge on any atom is -0.497 e. The van der Waals surface area contributed by atoms with E-state index in [0.717, 1.165) is 41.1 Å². The highest BCUT2D eigenvalue weighted by Crippen LogP contribution is 2.60. The fraction of sp³-hybridized carbons (Fsp3) is 0.333. The standard InChI is InChI=1S/C39H42N2O5Si/c1-6-12-35-37(47(4,5)30-21-19-29(44-3)20-22-30)26(2)39(46-35)31-15-7-8-16-32(31)40(38(39)43)24-27-13-11-14-28(23-27)41-33-17-9-10-18-34(33)45-25-36(41)42/h7-11,13-23,26,35,37H,6,12,24-25H2,1-5H3/t26-,35+,37-,39+/m0/s1. The van der Waals surface area contributed by atoms with Crippen LogP contribution in [0.15, 0.2) is 97.1 Å². The van der Waals surface area contributed by atoms with Gasteiger partial charge in [-0.3, -0.25) is 14.5 Å². The van der Waals surface area contributed by atoms with Crippen molar-refractivity contribution in [2.75, 3.05) is 23.5 Å². The molecule has 0 unspecified atom stereocenters. The van der Waals surface area contributed by atoms with Crippen LogP contribution in [0, 0.1) is 5.92 Å². The van der Waals surface area contributed by atoms with E-state index in [2.05, 4.69) is 45.1 Å². The van der Waals surface area contributed by atoms with Crippen molar-refractivity contribution in [3.8, 4) is 11.5 Å². The molecule has 7 nitrogen and oxygen atoms in total. The lowest BCUT2D eigenvalue weighted by Gasteiger charge is -2.37. The van der Waals surface area contributed by atoms with Gasteiger partial charge in [-0.1, -0.05) is 93.1 Å². The van der Waals surface area contributed by atoms with Gasteiger partial charge in [-0.25, -0.2) is 0 Å². The quantitative estimate of drug-likeness (QED) is 0.188. The van der Waals surface area contributed by atoms with E-state index in [4.69, 9.17) is 14.2 Å². The Kier molecular flexibility index (Phi) is 7.97. The van der Waals surface area contributed by atoms with Gasteiger partial charge in [0.25, 0.3) is 11.8 Å². The summed E-state index contributed by atoms with van der Waals surface area (Å²) in [4.78, 5) is 31.6. The molecule has 3 aliphatic rings. The molecule has 1 saturated heterocycles. The zero-order valence-corrected chi connectivity index (χ0v) is 28.7. The van der Waals surface area contributed by atoms with E-state index in [0.29, 0.717) is 18.0 Å². The summed E-state index contributed by atoms with van der Waals surface area (Å²) in [6.07, 6.45) is 1.84. The van der Waals surface area contributed by atoms with Crippen LogP contribution in [0.1, 0.15) is 37.8 Å². The molecule has 0 aliphatic carbocycles. The number of benzene rings is 4. The lowest BCUT2D eigenvalue weighted by molar-refractivity contribution is -0.146. The third-order valence-electron chi connectivity index (χ3n) is 10.5. The Morgan fingerprint density at radius 2 is 1.64 bits per heavy atom. The summed E-state index contributed by atoms with van der Waals surface area (Å²) < 4.78 is 18.3. The van der Waals surface area contributed by atoms with Crippen LogP contribution in [-0.2, 0) is 26.5 Å². The topological polar surface area (TPSA) is 68.3 Å². The van der Waals surface area contributed by atoms with E-state index in [9.17, 15) is 9.59 Å². The summed E-state index contributed by atoms with van der Waals surface area (Å²) in [6.45, 7) is 9.61. The number of hydrogen-bond donors (Lipinski definition) is 0. The predicted octanol–water partition coefficient (Wildman–Crippen LogP) is 7.32. The van der Waals surface area contributed by atoms with Crippen molar-refractivity contribution in [1.29, 1.82) is 0 Å². The molecular formula is C39H42N2O5Si. The van der Waals surface area contributed by atoms with Crippen LogP contribution in [0.25, 0.3) is 0 Å². The molecule has 3 heterocycles. The second-order valence-corrected chi connectivity index (χ2v) is 18.2. The molecule has 4 aromatic rings. The third kappa shape index (κ3) is 4.97. The Balaban J connectivity index is 1.25. The molecule has 0 N–H and O–H groups in total.